The summed E-state index contributed by atoms with van der Waals surface area (Å²) in [5.41, 5.74) is 2.14. The fourth-order valence-corrected chi connectivity index (χ4v) is 3.46. The van der Waals surface area contributed by atoms with Crippen LogP contribution in [0.5, 0.6) is 0 Å². The van der Waals surface area contributed by atoms with Crippen LogP contribution in [0, 0.1) is 13.8 Å². The highest BCUT2D eigenvalue weighted by atomic mass is 35.5. The average Bonchev–Trinajstić information content (AvgIpc) is 2.80. The number of aryl methyl sites for hydroxylation is 1. The molecule has 0 radical (unpaired) electrons. The number of imidazole rings is 1. The highest BCUT2D eigenvalue weighted by Crippen LogP contribution is 2.24. The van der Waals surface area contributed by atoms with E-state index in [0.717, 1.165) is 35.9 Å². The van der Waals surface area contributed by atoms with Crippen molar-refractivity contribution in [3.63, 3.8) is 0 Å². The number of carbonyl (C=O) groups is 1. The molecule has 2 heterocycles. The summed E-state index contributed by atoms with van der Waals surface area (Å²) in [6.07, 6.45) is 3.64. The molecule has 24 heavy (non-hydrogen) atoms. The first kappa shape index (κ1) is 19.1. The number of nitrogens with one attached hydrogen (secondary N) is 1. The monoisotopic (exact) mass is 386 g/mol. The summed E-state index contributed by atoms with van der Waals surface area (Å²) in [7, 11) is 0. The van der Waals surface area contributed by atoms with Crippen LogP contribution in [-0.4, -0.2) is 26.2 Å². The fraction of sp³-hybridized carbons (Fsp3) is 0.438. The van der Waals surface area contributed by atoms with Crippen molar-refractivity contribution in [2.75, 3.05) is 11.1 Å². The van der Waals surface area contributed by atoms with Crippen molar-refractivity contribution in [3.05, 3.63) is 33.7 Å². The molecule has 0 saturated heterocycles. The van der Waals surface area contributed by atoms with Crippen LogP contribution in [0.4, 0.5) is 5.82 Å². The molecule has 0 bridgehead atoms. The number of halogens is 2. The van der Waals surface area contributed by atoms with Gasteiger partial charge in [-0.2, -0.15) is 0 Å². The topological polar surface area (TPSA) is 59.8 Å². The molecule has 0 atom stereocenters. The molecule has 130 valence electrons. The second kappa shape index (κ2) is 8.74. The molecule has 0 aliphatic heterocycles. The number of hydrogen-bond donors (Lipinski definition) is 1. The summed E-state index contributed by atoms with van der Waals surface area (Å²) in [5.74, 6) is 0.369. The molecule has 0 aliphatic carbocycles. The summed E-state index contributed by atoms with van der Waals surface area (Å²) in [5, 5.41) is 4.30. The van der Waals surface area contributed by atoms with Gasteiger partial charge < -0.3 is 9.88 Å². The Morgan fingerprint density at radius 3 is 2.79 bits per heavy atom. The average molecular weight is 387 g/mol. The van der Waals surface area contributed by atoms with Crippen LogP contribution < -0.4 is 5.32 Å². The highest BCUT2D eigenvalue weighted by Gasteiger charge is 2.14. The second-order valence-corrected chi connectivity index (χ2v) is 7.18. The number of amides is 1. The van der Waals surface area contributed by atoms with Gasteiger partial charge in [-0.15, -0.1) is 0 Å². The number of carbonyl (C=O) groups excluding carboxylic acids is 1. The first-order chi connectivity index (χ1) is 11.4. The van der Waals surface area contributed by atoms with E-state index < -0.39 is 0 Å². The van der Waals surface area contributed by atoms with Crippen molar-refractivity contribution < 1.29 is 4.79 Å². The maximum atomic E-state index is 12.1. The Morgan fingerprint density at radius 1 is 1.38 bits per heavy atom. The molecular formula is C16H20Cl2N4OS. The van der Waals surface area contributed by atoms with Gasteiger partial charge >= 0.3 is 0 Å². The lowest BCUT2D eigenvalue weighted by Gasteiger charge is -2.09. The van der Waals surface area contributed by atoms with Gasteiger partial charge in [-0.25, -0.2) is 9.97 Å². The fourth-order valence-electron chi connectivity index (χ4n) is 2.12. The third-order valence-electron chi connectivity index (χ3n) is 3.56. The Labute approximate surface area is 156 Å². The van der Waals surface area contributed by atoms with E-state index in [-0.39, 0.29) is 11.7 Å². The standard InChI is InChI=1S/C16H20Cl2N4OS/c1-4-5-6-22-11(3)10(2)20-16(22)24-9-14(23)21-15-13(18)7-12(17)8-19-15/h7-8H,4-6,9H2,1-3H3,(H,19,21,23). The summed E-state index contributed by atoms with van der Waals surface area (Å²) < 4.78 is 2.17. The zero-order chi connectivity index (χ0) is 17.7. The maximum Gasteiger partial charge on any atom is 0.236 e. The lowest BCUT2D eigenvalue weighted by atomic mass is 10.3. The molecule has 0 fully saturated rings. The minimum absolute atomic E-state index is 0.183. The van der Waals surface area contributed by atoms with E-state index in [9.17, 15) is 4.79 Å². The first-order valence-electron chi connectivity index (χ1n) is 7.69. The Hall–Kier alpha value is -1.24. The van der Waals surface area contributed by atoms with E-state index in [2.05, 4.69) is 33.7 Å². The van der Waals surface area contributed by atoms with Crippen LogP contribution >= 0.6 is 35.0 Å². The molecular weight excluding hydrogens is 367 g/mol. The van der Waals surface area contributed by atoms with Crippen LogP contribution in [0.2, 0.25) is 10.0 Å². The molecule has 0 unspecified atom stereocenters. The summed E-state index contributed by atoms with van der Waals surface area (Å²) in [6.45, 7) is 7.11. The number of nitrogens with zero attached hydrogens (tertiary/aromatic N) is 3. The van der Waals surface area contributed by atoms with Gasteiger partial charge in [0.2, 0.25) is 5.91 Å². The number of rotatable bonds is 7. The molecule has 8 heteroatoms. The molecule has 1 N–H and O–H groups in total. The lowest BCUT2D eigenvalue weighted by Crippen LogP contribution is -2.16. The molecule has 0 aliphatic rings. The van der Waals surface area contributed by atoms with Gasteiger partial charge in [0.25, 0.3) is 0 Å². The molecule has 2 rings (SSSR count). The molecule has 1 amide bonds. The number of thioether (sulfide) groups is 1. The number of pyridine rings is 1. The minimum Gasteiger partial charge on any atom is -0.323 e. The van der Waals surface area contributed by atoms with Gasteiger partial charge in [0.15, 0.2) is 11.0 Å². The zero-order valence-electron chi connectivity index (χ0n) is 13.9. The van der Waals surface area contributed by atoms with Crippen molar-refractivity contribution in [2.45, 2.75) is 45.3 Å². The van der Waals surface area contributed by atoms with Crippen molar-refractivity contribution in [2.24, 2.45) is 0 Å². The predicted octanol–water partition coefficient (Wildman–Crippen LogP) is 4.73. The maximum absolute atomic E-state index is 12.1. The van der Waals surface area contributed by atoms with Gasteiger partial charge in [-0.1, -0.05) is 48.3 Å². The second-order valence-electron chi connectivity index (χ2n) is 5.39. The van der Waals surface area contributed by atoms with Gasteiger partial charge in [0, 0.05) is 18.4 Å². The van der Waals surface area contributed by atoms with Crippen molar-refractivity contribution >= 4 is 46.7 Å². The lowest BCUT2D eigenvalue weighted by molar-refractivity contribution is -0.113. The van der Waals surface area contributed by atoms with Gasteiger partial charge in [0.1, 0.15) is 0 Å². The molecule has 2 aromatic rings. The summed E-state index contributed by atoms with van der Waals surface area (Å²) in [4.78, 5) is 20.7. The minimum atomic E-state index is -0.183. The number of hydrogen-bond acceptors (Lipinski definition) is 4. The van der Waals surface area contributed by atoms with E-state index in [4.69, 9.17) is 23.2 Å². The quantitative estimate of drug-likeness (QED) is 0.698. The molecule has 0 spiro atoms. The van der Waals surface area contributed by atoms with Gasteiger partial charge in [-0.3, -0.25) is 4.79 Å². The van der Waals surface area contributed by atoms with Crippen LogP contribution in [0.3, 0.4) is 0 Å². The van der Waals surface area contributed by atoms with E-state index in [1.165, 1.54) is 18.0 Å². The Kier molecular flexibility index (Phi) is 6.95. The Morgan fingerprint density at radius 2 is 2.12 bits per heavy atom. The van der Waals surface area contributed by atoms with Gasteiger partial charge in [-0.05, 0) is 26.3 Å². The van der Waals surface area contributed by atoms with Gasteiger partial charge in [0.05, 0.1) is 21.5 Å². The van der Waals surface area contributed by atoms with Crippen LogP contribution in [0.1, 0.15) is 31.2 Å². The smallest absolute Gasteiger partial charge is 0.236 e. The normalized spacial score (nSPS) is 10.9. The molecule has 0 aromatic carbocycles. The van der Waals surface area contributed by atoms with Crippen molar-refractivity contribution in [1.29, 1.82) is 0 Å². The number of anilines is 1. The van der Waals surface area contributed by atoms with Crippen molar-refractivity contribution in [3.8, 4) is 0 Å². The van der Waals surface area contributed by atoms with Crippen LogP contribution in [0.15, 0.2) is 17.4 Å². The third-order valence-corrected chi connectivity index (χ3v) is 5.03. The Bertz CT molecular complexity index is 733. The number of aromatic nitrogens is 3. The van der Waals surface area contributed by atoms with Crippen molar-refractivity contribution in [1.82, 2.24) is 14.5 Å². The predicted molar refractivity (Wildman–Crippen MR) is 100 cm³/mol. The summed E-state index contributed by atoms with van der Waals surface area (Å²) in [6, 6.07) is 1.54. The van der Waals surface area contributed by atoms with E-state index >= 15 is 0 Å². The molecule has 0 saturated carbocycles. The highest BCUT2D eigenvalue weighted by molar-refractivity contribution is 7.99. The first-order valence-corrected chi connectivity index (χ1v) is 9.44. The number of unbranched alkanes of at least 4 members (excludes halogenated alkanes) is 1. The van der Waals surface area contributed by atoms with E-state index in [0.29, 0.717) is 15.9 Å². The Balaban J connectivity index is 2.00. The third kappa shape index (κ3) is 4.88. The SMILES string of the molecule is CCCCn1c(SCC(=O)Nc2ncc(Cl)cc2Cl)nc(C)c1C. The zero-order valence-corrected chi connectivity index (χ0v) is 16.2. The van der Waals surface area contributed by atoms with E-state index in [1.807, 2.05) is 6.92 Å². The van der Waals surface area contributed by atoms with E-state index in [1.54, 1.807) is 6.07 Å². The largest absolute Gasteiger partial charge is 0.323 e. The summed E-state index contributed by atoms with van der Waals surface area (Å²) >= 11 is 13.2. The molecule has 5 nitrogen and oxygen atoms in total. The van der Waals surface area contributed by atoms with Crippen LogP contribution in [0.25, 0.3) is 0 Å². The van der Waals surface area contributed by atoms with Crippen LogP contribution in [-0.2, 0) is 11.3 Å². The molecule has 2 aromatic heterocycles.